The Bertz CT molecular complexity index is 573. The number of carboxylic acid groups (broad SMARTS) is 1. The van der Waals surface area contributed by atoms with E-state index >= 15 is 0 Å². The fourth-order valence-electron chi connectivity index (χ4n) is 2.04. The number of nitro groups is 1. The smallest absolute Gasteiger partial charge is 0.342 e. The van der Waals surface area contributed by atoms with Crippen LogP contribution >= 0.6 is 0 Å². The molecular formula is C13H17N3O5. The van der Waals surface area contributed by atoms with Crippen molar-refractivity contribution in [2.45, 2.75) is 6.92 Å². The molecule has 0 saturated heterocycles. The van der Waals surface area contributed by atoms with Crippen LogP contribution in [0.5, 0.6) is 0 Å². The van der Waals surface area contributed by atoms with Crippen molar-refractivity contribution in [1.29, 1.82) is 0 Å². The summed E-state index contributed by atoms with van der Waals surface area (Å²) in [7, 11) is 3.08. The first-order valence-corrected chi connectivity index (χ1v) is 6.23. The van der Waals surface area contributed by atoms with E-state index in [4.69, 9.17) is 5.11 Å². The summed E-state index contributed by atoms with van der Waals surface area (Å²) in [6.45, 7) is 1.91. The van der Waals surface area contributed by atoms with E-state index in [9.17, 15) is 19.7 Å². The van der Waals surface area contributed by atoms with Crippen LogP contribution in [0.4, 0.5) is 11.4 Å². The molecule has 8 nitrogen and oxygen atoms in total. The Morgan fingerprint density at radius 3 is 2.57 bits per heavy atom. The Kier molecular flexibility index (Phi) is 5.23. The summed E-state index contributed by atoms with van der Waals surface area (Å²) in [6.07, 6.45) is 0. The normalized spacial score (nSPS) is 11.6. The summed E-state index contributed by atoms with van der Waals surface area (Å²) in [5.41, 5.74) is -0.691. The van der Waals surface area contributed by atoms with E-state index in [-0.39, 0.29) is 23.7 Å². The highest BCUT2D eigenvalue weighted by atomic mass is 16.6. The standard InChI is InChI=1S/C13H17N3O5/c1-8(12(17)14-2)7-15(3)10-6-4-5-9(13(18)19)11(10)16(20)21/h4-6,8H,7H2,1-3H3,(H,14,17)(H,18,19). The van der Waals surface area contributed by atoms with E-state index in [1.165, 1.54) is 30.1 Å². The number of anilines is 1. The minimum atomic E-state index is -1.36. The van der Waals surface area contributed by atoms with Crippen LogP contribution in [0, 0.1) is 16.0 Å². The van der Waals surface area contributed by atoms with Gasteiger partial charge in [0.25, 0.3) is 0 Å². The van der Waals surface area contributed by atoms with Crippen LogP contribution in [-0.4, -0.2) is 42.5 Å². The number of nitrogens with one attached hydrogen (secondary N) is 1. The van der Waals surface area contributed by atoms with Crippen LogP contribution < -0.4 is 10.2 Å². The molecule has 1 unspecified atom stereocenters. The zero-order valence-electron chi connectivity index (χ0n) is 12.0. The second-order valence-electron chi connectivity index (χ2n) is 4.63. The van der Waals surface area contributed by atoms with Gasteiger partial charge in [0, 0.05) is 20.6 Å². The van der Waals surface area contributed by atoms with Crippen LogP contribution in [0.1, 0.15) is 17.3 Å². The van der Waals surface area contributed by atoms with Crippen molar-refractivity contribution in [3.8, 4) is 0 Å². The van der Waals surface area contributed by atoms with E-state index < -0.39 is 22.5 Å². The van der Waals surface area contributed by atoms with Crippen molar-refractivity contribution in [3.05, 3.63) is 33.9 Å². The lowest BCUT2D eigenvalue weighted by molar-refractivity contribution is -0.384. The van der Waals surface area contributed by atoms with Gasteiger partial charge >= 0.3 is 11.7 Å². The molecule has 0 spiro atoms. The van der Waals surface area contributed by atoms with Crippen molar-refractivity contribution in [2.75, 3.05) is 25.5 Å². The van der Waals surface area contributed by atoms with Crippen molar-refractivity contribution >= 4 is 23.3 Å². The maximum absolute atomic E-state index is 11.5. The third kappa shape index (κ3) is 3.68. The lowest BCUT2D eigenvalue weighted by atomic mass is 10.1. The first-order chi connectivity index (χ1) is 9.79. The van der Waals surface area contributed by atoms with Gasteiger partial charge in [-0.1, -0.05) is 13.0 Å². The number of nitrogens with zero attached hydrogens (tertiary/aromatic N) is 2. The molecule has 0 radical (unpaired) electrons. The van der Waals surface area contributed by atoms with Gasteiger partial charge in [-0.25, -0.2) is 4.79 Å². The van der Waals surface area contributed by atoms with Crippen LogP contribution in [0.2, 0.25) is 0 Å². The average molecular weight is 295 g/mol. The van der Waals surface area contributed by atoms with Crippen LogP contribution in [0.25, 0.3) is 0 Å². The number of carbonyl (C=O) groups is 2. The summed E-state index contributed by atoms with van der Waals surface area (Å²) in [4.78, 5) is 34.5. The molecule has 1 rings (SSSR count). The molecule has 0 aromatic heterocycles. The number of carbonyl (C=O) groups excluding carboxylic acids is 1. The topological polar surface area (TPSA) is 113 Å². The number of nitro benzene ring substituents is 1. The Balaban J connectivity index is 3.18. The number of rotatable bonds is 6. The molecule has 21 heavy (non-hydrogen) atoms. The number of benzene rings is 1. The van der Waals surface area contributed by atoms with Crippen LogP contribution in [0.3, 0.4) is 0 Å². The van der Waals surface area contributed by atoms with Gasteiger partial charge in [0.15, 0.2) is 0 Å². The number of para-hydroxylation sites is 1. The highest BCUT2D eigenvalue weighted by molar-refractivity contribution is 5.95. The summed E-state index contributed by atoms with van der Waals surface area (Å²) in [5.74, 6) is -1.96. The van der Waals surface area contributed by atoms with Crippen LogP contribution in [0.15, 0.2) is 18.2 Å². The molecule has 1 aromatic rings. The predicted octanol–water partition coefficient (Wildman–Crippen LogP) is 1.11. The molecule has 0 aliphatic carbocycles. The van der Waals surface area contributed by atoms with Crippen molar-refractivity contribution in [3.63, 3.8) is 0 Å². The second kappa shape index (κ2) is 6.69. The molecule has 1 amide bonds. The first kappa shape index (κ1) is 16.4. The van der Waals surface area contributed by atoms with Gasteiger partial charge in [0.1, 0.15) is 11.3 Å². The Morgan fingerprint density at radius 2 is 2.10 bits per heavy atom. The number of hydrogen-bond acceptors (Lipinski definition) is 5. The number of aromatic carboxylic acids is 1. The largest absolute Gasteiger partial charge is 0.477 e. The van der Waals surface area contributed by atoms with Gasteiger partial charge in [-0.3, -0.25) is 14.9 Å². The highest BCUT2D eigenvalue weighted by Gasteiger charge is 2.27. The molecule has 0 aliphatic heterocycles. The van der Waals surface area contributed by atoms with E-state index in [1.807, 2.05) is 0 Å². The SMILES string of the molecule is CNC(=O)C(C)CN(C)c1cccc(C(=O)O)c1[N+](=O)[O-]. The van der Waals surface area contributed by atoms with Gasteiger partial charge in [-0.15, -0.1) is 0 Å². The summed E-state index contributed by atoms with van der Waals surface area (Å²) < 4.78 is 0. The highest BCUT2D eigenvalue weighted by Crippen LogP contribution is 2.31. The summed E-state index contributed by atoms with van der Waals surface area (Å²) in [5, 5.41) is 22.7. The monoisotopic (exact) mass is 295 g/mol. The number of carboxylic acids is 1. The number of amides is 1. The second-order valence-corrected chi connectivity index (χ2v) is 4.63. The van der Waals surface area contributed by atoms with E-state index in [1.54, 1.807) is 14.0 Å². The van der Waals surface area contributed by atoms with E-state index in [0.717, 1.165) is 0 Å². The Morgan fingerprint density at radius 1 is 1.48 bits per heavy atom. The minimum absolute atomic E-state index is 0.163. The summed E-state index contributed by atoms with van der Waals surface area (Å²) in [6, 6.07) is 4.08. The Hall–Kier alpha value is -2.64. The van der Waals surface area contributed by atoms with Gasteiger partial charge in [-0.2, -0.15) is 0 Å². The van der Waals surface area contributed by atoms with Crippen LogP contribution in [-0.2, 0) is 4.79 Å². The van der Waals surface area contributed by atoms with E-state index in [2.05, 4.69) is 5.32 Å². The third-order valence-electron chi connectivity index (χ3n) is 3.08. The average Bonchev–Trinajstić information content (AvgIpc) is 2.44. The first-order valence-electron chi connectivity index (χ1n) is 6.23. The molecule has 1 aromatic carbocycles. The lowest BCUT2D eigenvalue weighted by Crippen LogP contribution is -2.34. The van der Waals surface area contributed by atoms with E-state index in [0.29, 0.717) is 0 Å². The maximum atomic E-state index is 11.5. The molecule has 0 fully saturated rings. The predicted molar refractivity (Wildman–Crippen MR) is 76.6 cm³/mol. The number of hydrogen-bond donors (Lipinski definition) is 2. The molecule has 0 bridgehead atoms. The zero-order chi connectivity index (χ0) is 16.2. The fraction of sp³-hybridized carbons (Fsp3) is 0.385. The van der Waals surface area contributed by atoms with Gasteiger partial charge in [0.05, 0.1) is 10.8 Å². The minimum Gasteiger partial charge on any atom is -0.477 e. The fourth-order valence-corrected chi connectivity index (χ4v) is 2.04. The Labute approximate surface area is 121 Å². The van der Waals surface area contributed by atoms with Gasteiger partial charge in [-0.05, 0) is 12.1 Å². The molecule has 0 saturated carbocycles. The van der Waals surface area contributed by atoms with Gasteiger partial charge < -0.3 is 15.3 Å². The third-order valence-corrected chi connectivity index (χ3v) is 3.08. The van der Waals surface area contributed by atoms with Gasteiger partial charge in [0.2, 0.25) is 5.91 Å². The molecule has 8 heteroatoms. The molecule has 2 N–H and O–H groups in total. The lowest BCUT2D eigenvalue weighted by Gasteiger charge is -2.22. The molecule has 1 atom stereocenters. The molecule has 0 aliphatic rings. The quantitative estimate of drug-likeness (QED) is 0.600. The maximum Gasteiger partial charge on any atom is 0.342 e. The molecular weight excluding hydrogens is 278 g/mol. The summed E-state index contributed by atoms with van der Waals surface area (Å²) >= 11 is 0. The molecule has 0 heterocycles. The van der Waals surface area contributed by atoms with Crippen molar-refractivity contribution < 1.29 is 19.6 Å². The van der Waals surface area contributed by atoms with Crippen molar-refractivity contribution in [1.82, 2.24) is 5.32 Å². The van der Waals surface area contributed by atoms with Crippen molar-refractivity contribution in [2.24, 2.45) is 5.92 Å². The molecule has 114 valence electrons. The zero-order valence-corrected chi connectivity index (χ0v) is 12.0.